The minimum atomic E-state index is 0.182. The van der Waals surface area contributed by atoms with Crippen molar-refractivity contribution in [3.8, 4) is 0 Å². The molecule has 3 N–H and O–H groups in total. The molecule has 0 aromatic heterocycles. The summed E-state index contributed by atoms with van der Waals surface area (Å²) >= 11 is 1.97. The standard InChI is InChI=1S/C12H17N3OS/c1-9-3-2-4-10(12(13)14-16)11(9)15-5-7-17-8-6-15/h2-4,16H,5-8H2,1H3,(H2,13,14). The molecule has 1 fully saturated rings. The Morgan fingerprint density at radius 2 is 2.12 bits per heavy atom. The lowest BCUT2D eigenvalue weighted by Crippen LogP contribution is -2.34. The Kier molecular flexibility index (Phi) is 3.78. The zero-order valence-corrected chi connectivity index (χ0v) is 10.7. The molecule has 0 aliphatic carbocycles. The van der Waals surface area contributed by atoms with Crippen LogP contribution in [0.25, 0.3) is 0 Å². The molecular formula is C12H17N3OS. The third kappa shape index (κ3) is 2.49. The van der Waals surface area contributed by atoms with E-state index in [0.29, 0.717) is 0 Å². The first kappa shape index (κ1) is 12.1. The molecule has 1 heterocycles. The highest BCUT2D eigenvalue weighted by Crippen LogP contribution is 2.27. The number of benzene rings is 1. The van der Waals surface area contributed by atoms with E-state index >= 15 is 0 Å². The van der Waals surface area contributed by atoms with E-state index in [9.17, 15) is 0 Å². The molecule has 1 aromatic rings. The van der Waals surface area contributed by atoms with Crippen molar-refractivity contribution in [2.24, 2.45) is 10.9 Å². The van der Waals surface area contributed by atoms with Crippen LogP contribution in [0.5, 0.6) is 0 Å². The Labute approximate surface area is 105 Å². The molecule has 0 atom stereocenters. The van der Waals surface area contributed by atoms with E-state index in [0.717, 1.165) is 35.8 Å². The molecule has 2 rings (SSSR count). The summed E-state index contributed by atoms with van der Waals surface area (Å²) in [6.07, 6.45) is 0. The highest BCUT2D eigenvalue weighted by Gasteiger charge is 2.18. The van der Waals surface area contributed by atoms with Crippen LogP contribution in [0.15, 0.2) is 23.4 Å². The SMILES string of the molecule is Cc1cccc(/C(N)=N/O)c1N1CCSCC1. The van der Waals surface area contributed by atoms with Crippen molar-refractivity contribution in [1.29, 1.82) is 0 Å². The first-order chi connectivity index (χ1) is 8.24. The van der Waals surface area contributed by atoms with Crippen LogP contribution in [-0.2, 0) is 0 Å². The number of thioether (sulfide) groups is 1. The molecule has 0 saturated carbocycles. The largest absolute Gasteiger partial charge is 0.409 e. The first-order valence-electron chi connectivity index (χ1n) is 5.64. The van der Waals surface area contributed by atoms with E-state index in [1.54, 1.807) is 0 Å². The maximum absolute atomic E-state index is 8.84. The van der Waals surface area contributed by atoms with E-state index in [4.69, 9.17) is 10.9 Å². The molecule has 1 aliphatic heterocycles. The number of anilines is 1. The summed E-state index contributed by atoms with van der Waals surface area (Å²) < 4.78 is 0. The number of hydrogen-bond acceptors (Lipinski definition) is 4. The first-order valence-corrected chi connectivity index (χ1v) is 6.79. The lowest BCUT2D eigenvalue weighted by Gasteiger charge is -2.31. The van der Waals surface area contributed by atoms with Gasteiger partial charge in [0.05, 0.1) is 5.69 Å². The van der Waals surface area contributed by atoms with Gasteiger partial charge in [-0.1, -0.05) is 17.3 Å². The van der Waals surface area contributed by atoms with Gasteiger partial charge in [0.2, 0.25) is 0 Å². The zero-order chi connectivity index (χ0) is 12.3. The Balaban J connectivity index is 2.42. The van der Waals surface area contributed by atoms with E-state index in [2.05, 4.69) is 23.0 Å². The molecule has 92 valence electrons. The second-order valence-electron chi connectivity index (χ2n) is 4.06. The van der Waals surface area contributed by atoms with Crippen molar-refractivity contribution >= 4 is 23.3 Å². The second-order valence-corrected chi connectivity index (χ2v) is 5.28. The molecule has 0 amide bonds. The third-order valence-electron chi connectivity index (χ3n) is 2.95. The average Bonchev–Trinajstić information content (AvgIpc) is 2.38. The molecule has 5 heteroatoms. The Morgan fingerprint density at radius 3 is 2.76 bits per heavy atom. The summed E-state index contributed by atoms with van der Waals surface area (Å²) in [5.41, 5.74) is 8.83. The summed E-state index contributed by atoms with van der Waals surface area (Å²) in [5.74, 6) is 2.44. The molecule has 4 nitrogen and oxygen atoms in total. The molecule has 0 unspecified atom stereocenters. The monoisotopic (exact) mass is 251 g/mol. The lowest BCUT2D eigenvalue weighted by molar-refractivity contribution is 0.318. The number of amidine groups is 1. The van der Waals surface area contributed by atoms with Crippen molar-refractivity contribution in [1.82, 2.24) is 0 Å². The predicted molar refractivity (Wildman–Crippen MR) is 73.2 cm³/mol. The summed E-state index contributed by atoms with van der Waals surface area (Å²) in [5, 5.41) is 12.0. The Bertz CT molecular complexity index is 428. The number of oxime groups is 1. The van der Waals surface area contributed by atoms with Gasteiger partial charge in [0.1, 0.15) is 0 Å². The highest BCUT2D eigenvalue weighted by molar-refractivity contribution is 7.99. The van der Waals surface area contributed by atoms with Gasteiger partial charge < -0.3 is 15.8 Å². The number of rotatable bonds is 2. The van der Waals surface area contributed by atoms with Gasteiger partial charge in [0.15, 0.2) is 5.84 Å². The summed E-state index contributed by atoms with van der Waals surface area (Å²) in [4.78, 5) is 2.32. The number of nitrogens with zero attached hydrogens (tertiary/aromatic N) is 2. The lowest BCUT2D eigenvalue weighted by atomic mass is 10.1. The summed E-state index contributed by atoms with van der Waals surface area (Å²) in [6, 6.07) is 5.90. The van der Waals surface area contributed by atoms with Crippen LogP contribution in [0.4, 0.5) is 5.69 Å². The van der Waals surface area contributed by atoms with E-state index < -0.39 is 0 Å². The summed E-state index contributed by atoms with van der Waals surface area (Å²) in [6.45, 7) is 4.09. The van der Waals surface area contributed by atoms with Crippen molar-refractivity contribution in [2.75, 3.05) is 29.5 Å². The van der Waals surface area contributed by atoms with Gasteiger partial charge in [-0.15, -0.1) is 0 Å². The van der Waals surface area contributed by atoms with Gasteiger partial charge in [-0.3, -0.25) is 0 Å². The van der Waals surface area contributed by atoms with E-state index in [1.165, 1.54) is 5.56 Å². The normalized spacial score (nSPS) is 17.2. The fourth-order valence-electron chi connectivity index (χ4n) is 2.13. The quantitative estimate of drug-likeness (QED) is 0.363. The minimum Gasteiger partial charge on any atom is -0.409 e. The van der Waals surface area contributed by atoms with Crippen LogP contribution in [-0.4, -0.2) is 35.6 Å². The predicted octanol–water partition coefficient (Wildman–Crippen LogP) is 1.64. The molecule has 1 saturated heterocycles. The number of para-hydroxylation sites is 1. The van der Waals surface area contributed by atoms with Gasteiger partial charge in [-0.25, -0.2) is 0 Å². The molecular weight excluding hydrogens is 234 g/mol. The van der Waals surface area contributed by atoms with Crippen LogP contribution in [0, 0.1) is 6.92 Å². The number of aryl methyl sites for hydroxylation is 1. The van der Waals surface area contributed by atoms with Crippen molar-refractivity contribution in [3.63, 3.8) is 0 Å². The van der Waals surface area contributed by atoms with Gasteiger partial charge in [-0.05, 0) is 18.6 Å². The molecule has 0 radical (unpaired) electrons. The average molecular weight is 251 g/mol. The van der Waals surface area contributed by atoms with Crippen LogP contribution in [0.3, 0.4) is 0 Å². The van der Waals surface area contributed by atoms with E-state index in [-0.39, 0.29) is 5.84 Å². The second kappa shape index (κ2) is 5.31. The smallest absolute Gasteiger partial charge is 0.172 e. The third-order valence-corrected chi connectivity index (χ3v) is 3.89. The Morgan fingerprint density at radius 1 is 1.41 bits per heavy atom. The number of nitrogens with two attached hydrogens (primary N) is 1. The van der Waals surface area contributed by atoms with Gasteiger partial charge >= 0.3 is 0 Å². The maximum atomic E-state index is 8.84. The molecule has 1 aromatic carbocycles. The maximum Gasteiger partial charge on any atom is 0.172 e. The van der Waals surface area contributed by atoms with Crippen molar-refractivity contribution in [3.05, 3.63) is 29.3 Å². The highest BCUT2D eigenvalue weighted by atomic mass is 32.2. The van der Waals surface area contributed by atoms with E-state index in [1.807, 2.05) is 23.9 Å². The van der Waals surface area contributed by atoms with Gasteiger partial charge in [0, 0.05) is 30.2 Å². The minimum absolute atomic E-state index is 0.182. The topological polar surface area (TPSA) is 61.9 Å². The van der Waals surface area contributed by atoms with Crippen molar-refractivity contribution in [2.45, 2.75) is 6.92 Å². The summed E-state index contributed by atoms with van der Waals surface area (Å²) in [7, 11) is 0. The molecule has 1 aliphatic rings. The van der Waals surface area contributed by atoms with Crippen LogP contribution < -0.4 is 10.6 Å². The van der Waals surface area contributed by atoms with Crippen LogP contribution in [0.2, 0.25) is 0 Å². The van der Waals surface area contributed by atoms with Crippen LogP contribution in [0.1, 0.15) is 11.1 Å². The number of hydrogen-bond donors (Lipinski definition) is 2. The molecule has 0 spiro atoms. The molecule has 17 heavy (non-hydrogen) atoms. The fraction of sp³-hybridized carbons (Fsp3) is 0.417. The zero-order valence-electron chi connectivity index (χ0n) is 9.89. The van der Waals surface area contributed by atoms with Crippen LogP contribution >= 0.6 is 11.8 Å². The van der Waals surface area contributed by atoms with Gasteiger partial charge in [0.25, 0.3) is 0 Å². The fourth-order valence-corrected chi connectivity index (χ4v) is 3.03. The van der Waals surface area contributed by atoms with Crippen molar-refractivity contribution < 1.29 is 5.21 Å². The molecule has 0 bridgehead atoms. The van der Waals surface area contributed by atoms with Gasteiger partial charge in [-0.2, -0.15) is 11.8 Å². The Hall–Kier alpha value is -1.36.